The molecule has 0 fully saturated rings. The Labute approximate surface area is 167 Å². The third-order valence-corrected chi connectivity index (χ3v) is 4.85. The fourth-order valence-corrected chi connectivity index (χ4v) is 3.26. The largest absolute Gasteiger partial charge is 0.497 e. The van der Waals surface area contributed by atoms with Gasteiger partial charge in [-0.25, -0.2) is 4.98 Å². The molecular weight excluding hydrogens is 376 g/mol. The van der Waals surface area contributed by atoms with E-state index in [0.717, 1.165) is 10.6 Å². The molecule has 0 radical (unpaired) electrons. The van der Waals surface area contributed by atoms with Gasteiger partial charge in [0, 0.05) is 16.6 Å². The van der Waals surface area contributed by atoms with Crippen molar-refractivity contribution in [1.82, 2.24) is 4.98 Å². The number of nitrogens with one attached hydrogen (secondary N) is 1. The molecule has 0 aliphatic rings. The first-order valence-corrected chi connectivity index (χ1v) is 9.52. The van der Waals surface area contributed by atoms with E-state index in [1.807, 2.05) is 36.6 Å². The summed E-state index contributed by atoms with van der Waals surface area (Å²) in [6, 6.07) is 14.9. The monoisotopic (exact) mass is 396 g/mol. The zero-order valence-corrected chi connectivity index (χ0v) is 16.4. The first-order valence-electron chi connectivity index (χ1n) is 8.64. The summed E-state index contributed by atoms with van der Waals surface area (Å²) < 4.78 is 10.1. The number of rotatable bonds is 7. The molecule has 0 saturated carbocycles. The molecule has 2 aromatic carbocycles. The Morgan fingerprint density at radius 2 is 1.79 bits per heavy atom. The minimum Gasteiger partial charge on any atom is -0.497 e. The number of nitrogens with zero attached hydrogens (tertiary/aromatic N) is 1. The molecule has 0 spiro atoms. The SMILES string of the molecule is COc1ccc(NC(=O)COC(=O)Cc2csc(-c3ccc(C)cc3)n2)cc1. The van der Waals surface area contributed by atoms with Gasteiger partial charge >= 0.3 is 5.97 Å². The van der Waals surface area contributed by atoms with Gasteiger partial charge in [-0.1, -0.05) is 29.8 Å². The van der Waals surface area contributed by atoms with Crippen molar-refractivity contribution in [2.24, 2.45) is 0 Å². The number of hydrogen-bond donors (Lipinski definition) is 1. The lowest BCUT2D eigenvalue weighted by atomic mass is 10.2. The third kappa shape index (κ3) is 5.40. The minimum atomic E-state index is -0.495. The fraction of sp³-hybridized carbons (Fsp3) is 0.190. The number of hydrogen-bond acceptors (Lipinski definition) is 6. The van der Waals surface area contributed by atoms with E-state index in [2.05, 4.69) is 10.3 Å². The van der Waals surface area contributed by atoms with Gasteiger partial charge in [-0.15, -0.1) is 11.3 Å². The molecule has 1 heterocycles. The summed E-state index contributed by atoms with van der Waals surface area (Å²) in [5.41, 5.74) is 3.41. The van der Waals surface area contributed by atoms with Crippen molar-refractivity contribution in [3.05, 3.63) is 65.2 Å². The second kappa shape index (κ2) is 9.14. The number of aromatic nitrogens is 1. The van der Waals surface area contributed by atoms with Crippen molar-refractivity contribution in [2.45, 2.75) is 13.3 Å². The van der Waals surface area contributed by atoms with Crippen molar-refractivity contribution in [3.63, 3.8) is 0 Å². The van der Waals surface area contributed by atoms with Crippen molar-refractivity contribution < 1.29 is 19.1 Å². The molecule has 0 aliphatic heterocycles. The van der Waals surface area contributed by atoms with Crippen LogP contribution in [0.15, 0.2) is 53.9 Å². The lowest BCUT2D eigenvalue weighted by molar-refractivity contribution is -0.146. The molecule has 1 aromatic heterocycles. The molecular formula is C21H20N2O4S. The molecule has 3 aromatic rings. The fourth-order valence-electron chi connectivity index (χ4n) is 2.43. The summed E-state index contributed by atoms with van der Waals surface area (Å²) in [6.07, 6.45) is 0.0260. The topological polar surface area (TPSA) is 77.5 Å². The maximum absolute atomic E-state index is 12.0. The van der Waals surface area contributed by atoms with Crippen LogP contribution in [-0.4, -0.2) is 30.6 Å². The maximum atomic E-state index is 12.0. The van der Waals surface area contributed by atoms with Gasteiger partial charge in [0.1, 0.15) is 10.8 Å². The summed E-state index contributed by atoms with van der Waals surface area (Å²) in [5.74, 6) is -0.208. The number of ether oxygens (including phenoxy) is 2. The van der Waals surface area contributed by atoms with E-state index in [4.69, 9.17) is 9.47 Å². The molecule has 1 amide bonds. The number of thiazole rings is 1. The Kier molecular flexibility index (Phi) is 6.39. The van der Waals surface area contributed by atoms with Crippen molar-refractivity contribution in [2.75, 3.05) is 19.0 Å². The van der Waals surface area contributed by atoms with E-state index in [1.54, 1.807) is 31.4 Å². The number of aryl methyl sites for hydroxylation is 1. The molecule has 28 heavy (non-hydrogen) atoms. The normalized spacial score (nSPS) is 10.4. The Hall–Kier alpha value is -3.19. The second-order valence-corrected chi connectivity index (χ2v) is 6.98. The maximum Gasteiger partial charge on any atom is 0.312 e. The lowest BCUT2D eigenvalue weighted by Gasteiger charge is -2.07. The van der Waals surface area contributed by atoms with Crippen LogP contribution < -0.4 is 10.1 Å². The highest BCUT2D eigenvalue weighted by molar-refractivity contribution is 7.13. The zero-order valence-electron chi connectivity index (χ0n) is 15.6. The van der Waals surface area contributed by atoms with E-state index in [1.165, 1.54) is 16.9 Å². The third-order valence-electron chi connectivity index (χ3n) is 3.91. The van der Waals surface area contributed by atoms with Crippen LogP contribution in [0.3, 0.4) is 0 Å². The number of benzene rings is 2. The van der Waals surface area contributed by atoms with Crippen LogP contribution >= 0.6 is 11.3 Å². The van der Waals surface area contributed by atoms with Gasteiger partial charge in [-0.3, -0.25) is 9.59 Å². The van der Waals surface area contributed by atoms with Gasteiger partial charge in [-0.05, 0) is 31.2 Å². The highest BCUT2D eigenvalue weighted by Crippen LogP contribution is 2.24. The van der Waals surface area contributed by atoms with Crippen LogP contribution in [0.2, 0.25) is 0 Å². The van der Waals surface area contributed by atoms with Crippen molar-refractivity contribution in [1.29, 1.82) is 0 Å². The highest BCUT2D eigenvalue weighted by Gasteiger charge is 2.12. The Morgan fingerprint density at radius 1 is 1.07 bits per heavy atom. The van der Waals surface area contributed by atoms with E-state index in [9.17, 15) is 9.59 Å². The van der Waals surface area contributed by atoms with Gasteiger partial charge in [-0.2, -0.15) is 0 Å². The van der Waals surface area contributed by atoms with Crippen LogP contribution in [0.4, 0.5) is 5.69 Å². The molecule has 0 unspecified atom stereocenters. The lowest BCUT2D eigenvalue weighted by Crippen LogP contribution is -2.21. The Morgan fingerprint density at radius 3 is 2.46 bits per heavy atom. The van der Waals surface area contributed by atoms with E-state index < -0.39 is 11.9 Å². The van der Waals surface area contributed by atoms with Crippen LogP contribution in [0, 0.1) is 6.92 Å². The highest BCUT2D eigenvalue weighted by atomic mass is 32.1. The number of amides is 1. The molecule has 144 valence electrons. The predicted molar refractivity (Wildman–Crippen MR) is 109 cm³/mol. The smallest absolute Gasteiger partial charge is 0.312 e. The molecule has 0 aliphatic carbocycles. The molecule has 0 bridgehead atoms. The van der Waals surface area contributed by atoms with Gasteiger partial charge in [0.25, 0.3) is 5.91 Å². The van der Waals surface area contributed by atoms with E-state index in [0.29, 0.717) is 17.1 Å². The van der Waals surface area contributed by atoms with Crippen LogP contribution in [0.1, 0.15) is 11.3 Å². The quantitative estimate of drug-likeness (QED) is 0.614. The Bertz CT molecular complexity index is 949. The van der Waals surface area contributed by atoms with Crippen LogP contribution in [0.5, 0.6) is 5.75 Å². The van der Waals surface area contributed by atoms with Gasteiger partial charge in [0.05, 0.1) is 19.2 Å². The molecule has 0 saturated heterocycles. The summed E-state index contributed by atoms with van der Waals surface area (Å²) >= 11 is 1.47. The first-order chi connectivity index (χ1) is 13.5. The standard InChI is InChI=1S/C21H20N2O4S/c1-14-3-5-15(6-4-14)21-23-17(13-28-21)11-20(25)27-12-19(24)22-16-7-9-18(26-2)10-8-16/h3-10,13H,11-12H2,1-2H3,(H,22,24). The number of carbonyl (C=O) groups is 2. The summed E-state index contributed by atoms with van der Waals surface area (Å²) in [4.78, 5) is 28.4. The van der Waals surface area contributed by atoms with E-state index >= 15 is 0 Å². The summed E-state index contributed by atoms with van der Waals surface area (Å²) in [6.45, 7) is 1.68. The van der Waals surface area contributed by atoms with Crippen LogP contribution in [0.25, 0.3) is 10.6 Å². The average molecular weight is 396 g/mol. The van der Waals surface area contributed by atoms with Gasteiger partial charge in [0.15, 0.2) is 6.61 Å². The minimum absolute atomic E-state index is 0.0260. The predicted octanol–water partition coefficient (Wildman–Crippen LogP) is 3.85. The van der Waals surface area contributed by atoms with Crippen molar-refractivity contribution in [3.8, 4) is 16.3 Å². The van der Waals surface area contributed by atoms with Crippen LogP contribution in [-0.2, 0) is 20.7 Å². The summed E-state index contributed by atoms with van der Waals surface area (Å²) in [7, 11) is 1.57. The van der Waals surface area contributed by atoms with Gasteiger partial charge in [0.2, 0.25) is 0 Å². The first kappa shape index (κ1) is 19.6. The summed E-state index contributed by atoms with van der Waals surface area (Å²) in [5, 5.41) is 5.33. The molecule has 0 atom stereocenters. The Balaban J connectivity index is 1.47. The molecule has 6 nitrogen and oxygen atoms in total. The molecule has 1 N–H and O–H groups in total. The second-order valence-electron chi connectivity index (χ2n) is 6.12. The molecule has 7 heteroatoms. The van der Waals surface area contributed by atoms with Crippen molar-refractivity contribution >= 4 is 28.9 Å². The zero-order chi connectivity index (χ0) is 19.9. The average Bonchev–Trinajstić information content (AvgIpc) is 3.16. The van der Waals surface area contributed by atoms with Gasteiger partial charge < -0.3 is 14.8 Å². The number of methoxy groups -OCH3 is 1. The van der Waals surface area contributed by atoms with E-state index in [-0.39, 0.29) is 13.0 Å². The number of carbonyl (C=O) groups excluding carboxylic acids is 2. The number of anilines is 1. The molecule has 3 rings (SSSR count). The number of esters is 1.